The van der Waals surface area contributed by atoms with Gasteiger partial charge < -0.3 is 10.2 Å². The largest absolute Gasteiger partial charge is 0.339 e. The molecule has 1 aromatic heterocycles. The highest BCUT2D eigenvalue weighted by molar-refractivity contribution is 6.30. The lowest BCUT2D eigenvalue weighted by Gasteiger charge is -2.31. The van der Waals surface area contributed by atoms with Crippen LogP contribution in [0.15, 0.2) is 30.5 Å². The number of rotatable bonds is 4. The topological polar surface area (TPSA) is 50.2 Å². The van der Waals surface area contributed by atoms with E-state index in [1.807, 2.05) is 43.1 Å². The molecule has 5 nitrogen and oxygen atoms in total. The number of carbonyl (C=O) groups is 1. The average Bonchev–Trinajstić information content (AvgIpc) is 2.97. The summed E-state index contributed by atoms with van der Waals surface area (Å²) in [5.74, 6) is 0.734. The van der Waals surface area contributed by atoms with Crippen molar-refractivity contribution in [2.45, 2.75) is 19.8 Å². The first-order valence-electron chi connectivity index (χ1n) is 8.34. The molecule has 0 bridgehead atoms. The second-order valence-electron chi connectivity index (χ2n) is 6.33. The molecule has 3 rings (SSSR count). The second kappa shape index (κ2) is 7.36. The van der Waals surface area contributed by atoms with Gasteiger partial charge in [-0.25, -0.2) is 4.68 Å². The van der Waals surface area contributed by atoms with Gasteiger partial charge in [-0.1, -0.05) is 17.7 Å². The zero-order chi connectivity index (χ0) is 17.1. The molecule has 24 heavy (non-hydrogen) atoms. The molecule has 1 aromatic carbocycles. The first-order valence-corrected chi connectivity index (χ1v) is 8.72. The summed E-state index contributed by atoms with van der Waals surface area (Å²) in [7, 11) is 1.98. The van der Waals surface area contributed by atoms with E-state index >= 15 is 0 Å². The summed E-state index contributed by atoms with van der Waals surface area (Å²) < 4.78 is 1.77. The molecule has 1 aliphatic heterocycles. The highest BCUT2D eigenvalue weighted by Crippen LogP contribution is 2.22. The minimum absolute atomic E-state index is 0.0729. The monoisotopic (exact) mass is 346 g/mol. The quantitative estimate of drug-likeness (QED) is 0.926. The second-order valence-corrected chi connectivity index (χ2v) is 6.77. The summed E-state index contributed by atoms with van der Waals surface area (Å²) >= 11 is 6.06. The predicted octanol–water partition coefficient (Wildman–Crippen LogP) is 2.91. The highest BCUT2D eigenvalue weighted by atomic mass is 35.5. The fourth-order valence-corrected chi connectivity index (χ4v) is 3.47. The van der Waals surface area contributed by atoms with Crippen LogP contribution in [0.3, 0.4) is 0 Å². The van der Waals surface area contributed by atoms with E-state index < -0.39 is 0 Å². The lowest BCUT2D eigenvalue weighted by Crippen LogP contribution is -2.40. The summed E-state index contributed by atoms with van der Waals surface area (Å²) in [4.78, 5) is 14.8. The van der Waals surface area contributed by atoms with E-state index in [2.05, 4.69) is 10.4 Å². The molecule has 1 fully saturated rings. The Balaban J connectivity index is 1.75. The van der Waals surface area contributed by atoms with Crippen LogP contribution >= 0.6 is 11.6 Å². The average molecular weight is 347 g/mol. The van der Waals surface area contributed by atoms with Crippen molar-refractivity contribution < 1.29 is 4.79 Å². The molecule has 1 amide bonds. The number of amides is 1. The molecule has 0 unspecified atom stereocenters. The van der Waals surface area contributed by atoms with E-state index in [0.29, 0.717) is 16.5 Å². The molecule has 2 aromatic rings. The molecule has 128 valence electrons. The maximum absolute atomic E-state index is 12.8. The normalized spacial score (nSPS) is 15.7. The first-order chi connectivity index (χ1) is 11.6. The van der Waals surface area contributed by atoms with Crippen molar-refractivity contribution in [3.05, 3.63) is 46.7 Å². The van der Waals surface area contributed by atoms with Crippen LogP contribution in [0.2, 0.25) is 5.02 Å². The number of hydrogen-bond donors (Lipinski definition) is 1. The molecular formula is C18H23ClN4O. The standard InChI is InChI=1S/C18H23ClN4O/c1-13-17(12-21-23(13)16-5-3-4-15(19)10-16)18(24)22-8-6-14(7-9-22)11-20-2/h3-5,10,12,14,20H,6-9,11H2,1-2H3. The molecular weight excluding hydrogens is 324 g/mol. The van der Waals surface area contributed by atoms with Crippen LogP contribution < -0.4 is 5.32 Å². The zero-order valence-corrected chi connectivity index (χ0v) is 14.9. The van der Waals surface area contributed by atoms with Gasteiger partial charge in [0.25, 0.3) is 5.91 Å². The Labute approximate surface area is 147 Å². The predicted molar refractivity (Wildman–Crippen MR) is 95.9 cm³/mol. The van der Waals surface area contributed by atoms with Gasteiger partial charge in [-0.15, -0.1) is 0 Å². The van der Waals surface area contributed by atoms with E-state index in [4.69, 9.17) is 11.6 Å². The molecule has 0 aliphatic carbocycles. The van der Waals surface area contributed by atoms with Crippen molar-refractivity contribution in [2.75, 3.05) is 26.7 Å². The fourth-order valence-electron chi connectivity index (χ4n) is 3.29. The van der Waals surface area contributed by atoms with Gasteiger partial charge in [-0.3, -0.25) is 4.79 Å². The van der Waals surface area contributed by atoms with Gasteiger partial charge in [0.2, 0.25) is 0 Å². The fraction of sp³-hybridized carbons (Fsp3) is 0.444. The number of piperidine rings is 1. The number of halogens is 1. The highest BCUT2D eigenvalue weighted by Gasteiger charge is 2.25. The van der Waals surface area contributed by atoms with Crippen LogP contribution in [-0.4, -0.2) is 47.3 Å². The molecule has 0 atom stereocenters. The van der Waals surface area contributed by atoms with Crippen molar-refractivity contribution in [1.82, 2.24) is 20.0 Å². The Kier molecular flexibility index (Phi) is 5.21. The van der Waals surface area contributed by atoms with Gasteiger partial charge in [-0.2, -0.15) is 5.10 Å². The summed E-state index contributed by atoms with van der Waals surface area (Å²) in [6, 6.07) is 7.49. The van der Waals surface area contributed by atoms with E-state index in [1.165, 1.54) is 0 Å². The molecule has 0 saturated carbocycles. The van der Waals surface area contributed by atoms with Crippen LogP contribution in [-0.2, 0) is 0 Å². The number of likely N-dealkylation sites (tertiary alicyclic amines) is 1. The number of nitrogens with zero attached hydrogens (tertiary/aromatic N) is 3. The van der Waals surface area contributed by atoms with Crippen LogP contribution in [0.4, 0.5) is 0 Å². The molecule has 0 radical (unpaired) electrons. The van der Waals surface area contributed by atoms with Crippen LogP contribution in [0.1, 0.15) is 28.9 Å². The Morgan fingerprint density at radius 1 is 1.38 bits per heavy atom. The summed E-state index contributed by atoms with van der Waals surface area (Å²) in [6.45, 7) is 4.57. The molecule has 1 aliphatic rings. The van der Waals surface area contributed by atoms with Gasteiger partial charge in [-0.05, 0) is 57.5 Å². The van der Waals surface area contributed by atoms with Gasteiger partial charge in [0, 0.05) is 18.1 Å². The number of aromatic nitrogens is 2. The lowest BCUT2D eigenvalue weighted by atomic mass is 9.96. The Morgan fingerprint density at radius 2 is 2.12 bits per heavy atom. The number of benzene rings is 1. The maximum Gasteiger partial charge on any atom is 0.257 e. The Hall–Kier alpha value is -1.85. The van der Waals surface area contributed by atoms with Crippen LogP contribution in [0, 0.1) is 12.8 Å². The third-order valence-corrected chi connectivity index (χ3v) is 4.92. The van der Waals surface area contributed by atoms with Crippen LogP contribution in [0.25, 0.3) is 5.69 Å². The van der Waals surface area contributed by atoms with Gasteiger partial charge in [0.15, 0.2) is 0 Å². The number of nitrogens with one attached hydrogen (secondary N) is 1. The number of carbonyl (C=O) groups excluding carboxylic acids is 1. The van der Waals surface area contributed by atoms with Gasteiger partial charge in [0.1, 0.15) is 0 Å². The lowest BCUT2D eigenvalue weighted by molar-refractivity contribution is 0.0690. The third-order valence-electron chi connectivity index (χ3n) is 4.69. The van der Waals surface area contributed by atoms with Crippen molar-refractivity contribution in [3.63, 3.8) is 0 Å². The number of hydrogen-bond acceptors (Lipinski definition) is 3. The van der Waals surface area contributed by atoms with Gasteiger partial charge >= 0.3 is 0 Å². The van der Waals surface area contributed by atoms with Crippen molar-refractivity contribution in [2.24, 2.45) is 5.92 Å². The summed E-state index contributed by atoms with van der Waals surface area (Å²) in [6.07, 6.45) is 3.76. The molecule has 6 heteroatoms. The van der Waals surface area contributed by atoms with Gasteiger partial charge in [0.05, 0.1) is 23.1 Å². The van der Waals surface area contributed by atoms with E-state index in [9.17, 15) is 4.79 Å². The Morgan fingerprint density at radius 3 is 2.79 bits per heavy atom. The molecule has 1 saturated heterocycles. The van der Waals surface area contributed by atoms with E-state index in [-0.39, 0.29) is 5.91 Å². The van der Waals surface area contributed by atoms with E-state index in [1.54, 1.807) is 10.9 Å². The molecule has 1 N–H and O–H groups in total. The third kappa shape index (κ3) is 3.47. The minimum Gasteiger partial charge on any atom is -0.339 e. The summed E-state index contributed by atoms with van der Waals surface area (Å²) in [5.41, 5.74) is 2.38. The van der Waals surface area contributed by atoms with E-state index in [0.717, 1.165) is 43.9 Å². The minimum atomic E-state index is 0.0729. The molecule has 0 spiro atoms. The first kappa shape index (κ1) is 17.0. The Bertz CT molecular complexity index is 720. The molecule has 2 heterocycles. The smallest absolute Gasteiger partial charge is 0.257 e. The SMILES string of the molecule is CNCC1CCN(C(=O)c2cnn(-c3cccc(Cl)c3)c2C)CC1. The van der Waals surface area contributed by atoms with Crippen LogP contribution in [0.5, 0.6) is 0 Å². The maximum atomic E-state index is 12.8. The zero-order valence-electron chi connectivity index (χ0n) is 14.1. The van der Waals surface area contributed by atoms with Crippen molar-refractivity contribution in [1.29, 1.82) is 0 Å². The van der Waals surface area contributed by atoms with Crippen molar-refractivity contribution in [3.8, 4) is 5.69 Å². The summed E-state index contributed by atoms with van der Waals surface area (Å²) in [5, 5.41) is 8.26. The van der Waals surface area contributed by atoms with Crippen molar-refractivity contribution >= 4 is 17.5 Å².